The molecule has 1 aromatic heterocycles. The molecule has 0 saturated carbocycles. The number of aryl methyl sites for hydroxylation is 1. The van der Waals surface area contributed by atoms with Gasteiger partial charge in [0, 0.05) is 36.7 Å². The second-order valence-corrected chi connectivity index (χ2v) is 6.59. The average molecular weight is 392 g/mol. The number of benzene rings is 1. The van der Waals surface area contributed by atoms with Gasteiger partial charge in [-0.2, -0.15) is 0 Å². The molecule has 0 aliphatic carbocycles. The minimum Gasteiger partial charge on any atom is -0.361 e. The second kappa shape index (κ2) is 7.17. The highest BCUT2D eigenvalue weighted by atomic mass is 79.9. The van der Waals surface area contributed by atoms with E-state index in [0.29, 0.717) is 43.2 Å². The molecule has 6 nitrogen and oxygen atoms in total. The van der Waals surface area contributed by atoms with Crippen LogP contribution in [0.25, 0.3) is 0 Å². The molecular formula is C17H18BrN3O3. The van der Waals surface area contributed by atoms with Gasteiger partial charge in [-0.3, -0.25) is 9.59 Å². The van der Waals surface area contributed by atoms with Gasteiger partial charge in [0.15, 0.2) is 5.69 Å². The molecule has 0 atom stereocenters. The molecule has 0 unspecified atom stereocenters. The van der Waals surface area contributed by atoms with Crippen molar-refractivity contribution < 1.29 is 14.1 Å². The van der Waals surface area contributed by atoms with Crippen LogP contribution in [0.15, 0.2) is 39.3 Å². The average Bonchev–Trinajstić information content (AvgIpc) is 2.87. The zero-order valence-electron chi connectivity index (χ0n) is 13.4. The molecule has 2 aromatic rings. The molecule has 3 rings (SSSR count). The lowest BCUT2D eigenvalue weighted by atomic mass is 10.2. The first-order valence-corrected chi connectivity index (χ1v) is 8.62. The predicted octanol–water partition coefficient (Wildman–Crippen LogP) is 2.73. The van der Waals surface area contributed by atoms with Gasteiger partial charge in [-0.25, -0.2) is 0 Å². The van der Waals surface area contributed by atoms with E-state index < -0.39 is 0 Å². The van der Waals surface area contributed by atoms with E-state index in [1.165, 1.54) is 0 Å². The zero-order chi connectivity index (χ0) is 17.1. The van der Waals surface area contributed by atoms with Crippen LogP contribution in [0.4, 0.5) is 0 Å². The van der Waals surface area contributed by atoms with Gasteiger partial charge in [-0.05, 0) is 41.4 Å². The standard InChI is InChI=1S/C17H18BrN3O3/c1-12-11-15(19-24-12)17(23)21-8-4-7-20(9-10-21)16(22)13-5-2-3-6-14(13)18/h2-3,5-6,11H,4,7-10H2,1H3. The first-order chi connectivity index (χ1) is 11.6. The molecule has 1 aliphatic rings. The summed E-state index contributed by atoms with van der Waals surface area (Å²) in [6, 6.07) is 9.02. The fraction of sp³-hybridized carbons (Fsp3) is 0.353. The Morgan fingerprint density at radius 1 is 1.08 bits per heavy atom. The van der Waals surface area contributed by atoms with Crippen molar-refractivity contribution in [2.45, 2.75) is 13.3 Å². The first-order valence-electron chi connectivity index (χ1n) is 7.82. The van der Waals surface area contributed by atoms with Gasteiger partial charge < -0.3 is 14.3 Å². The highest BCUT2D eigenvalue weighted by Crippen LogP contribution is 2.19. The van der Waals surface area contributed by atoms with Crippen molar-refractivity contribution in [3.8, 4) is 0 Å². The van der Waals surface area contributed by atoms with Crippen LogP contribution in [0, 0.1) is 6.92 Å². The lowest BCUT2D eigenvalue weighted by molar-refractivity contribution is 0.0712. The second-order valence-electron chi connectivity index (χ2n) is 5.74. The maximum absolute atomic E-state index is 12.7. The summed E-state index contributed by atoms with van der Waals surface area (Å²) < 4.78 is 5.75. The van der Waals surface area contributed by atoms with Gasteiger partial charge in [0.25, 0.3) is 11.8 Å². The molecular weight excluding hydrogens is 374 g/mol. The fourth-order valence-electron chi connectivity index (χ4n) is 2.76. The summed E-state index contributed by atoms with van der Waals surface area (Å²) in [5.74, 6) is 0.440. The summed E-state index contributed by atoms with van der Waals surface area (Å²) in [4.78, 5) is 28.7. The molecule has 2 amide bonds. The van der Waals surface area contributed by atoms with Crippen molar-refractivity contribution in [3.05, 3.63) is 51.8 Å². The zero-order valence-corrected chi connectivity index (χ0v) is 15.0. The van der Waals surface area contributed by atoms with Crippen molar-refractivity contribution in [2.75, 3.05) is 26.2 Å². The Kier molecular flexibility index (Phi) is 4.99. The third kappa shape index (κ3) is 3.51. The SMILES string of the molecule is Cc1cc(C(=O)N2CCCN(C(=O)c3ccccc3Br)CC2)no1. The molecule has 0 N–H and O–H groups in total. The van der Waals surface area contributed by atoms with Gasteiger partial charge in [0.2, 0.25) is 0 Å². The molecule has 7 heteroatoms. The van der Waals surface area contributed by atoms with Crippen molar-refractivity contribution in [2.24, 2.45) is 0 Å². The summed E-state index contributed by atoms with van der Waals surface area (Å²) >= 11 is 3.42. The monoisotopic (exact) mass is 391 g/mol. The number of hydrogen-bond acceptors (Lipinski definition) is 4. The number of carbonyl (C=O) groups is 2. The summed E-state index contributed by atoms with van der Waals surface area (Å²) in [6.07, 6.45) is 0.735. The van der Waals surface area contributed by atoms with Crippen LogP contribution < -0.4 is 0 Å². The molecule has 1 fully saturated rings. The van der Waals surface area contributed by atoms with E-state index >= 15 is 0 Å². The van der Waals surface area contributed by atoms with Crippen LogP contribution >= 0.6 is 15.9 Å². The lowest BCUT2D eigenvalue weighted by Crippen LogP contribution is -2.37. The van der Waals surface area contributed by atoms with Gasteiger partial charge in [0.1, 0.15) is 5.76 Å². The Balaban J connectivity index is 1.68. The van der Waals surface area contributed by atoms with Crippen LogP contribution in [0.5, 0.6) is 0 Å². The molecule has 0 radical (unpaired) electrons. The Morgan fingerprint density at radius 2 is 1.75 bits per heavy atom. The van der Waals surface area contributed by atoms with Crippen molar-refractivity contribution in [1.29, 1.82) is 0 Å². The number of rotatable bonds is 2. The third-order valence-corrected chi connectivity index (χ3v) is 4.71. The van der Waals surface area contributed by atoms with E-state index in [9.17, 15) is 9.59 Å². The summed E-state index contributed by atoms with van der Waals surface area (Å²) in [5, 5.41) is 3.78. The van der Waals surface area contributed by atoms with Crippen LogP contribution in [0.2, 0.25) is 0 Å². The number of aromatic nitrogens is 1. The molecule has 0 bridgehead atoms. The minimum absolute atomic E-state index is 0.0194. The van der Waals surface area contributed by atoms with E-state index in [-0.39, 0.29) is 11.8 Å². The Hall–Kier alpha value is -2.15. The lowest BCUT2D eigenvalue weighted by Gasteiger charge is -2.22. The molecule has 1 saturated heterocycles. The number of carbonyl (C=O) groups excluding carboxylic acids is 2. The third-order valence-electron chi connectivity index (χ3n) is 4.02. The van der Waals surface area contributed by atoms with E-state index in [2.05, 4.69) is 21.1 Å². The highest BCUT2D eigenvalue weighted by Gasteiger charge is 2.25. The number of amides is 2. The van der Waals surface area contributed by atoms with Gasteiger partial charge in [-0.15, -0.1) is 0 Å². The summed E-state index contributed by atoms with van der Waals surface area (Å²) in [5.41, 5.74) is 0.961. The van der Waals surface area contributed by atoms with Crippen LogP contribution in [0.1, 0.15) is 33.0 Å². The van der Waals surface area contributed by atoms with Crippen molar-refractivity contribution in [1.82, 2.24) is 15.0 Å². The molecule has 0 spiro atoms. The maximum atomic E-state index is 12.7. The summed E-state index contributed by atoms with van der Waals surface area (Å²) in [6.45, 7) is 3.97. The maximum Gasteiger partial charge on any atom is 0.276 e. The van der Waals surface area contributed by atoms with Crippen molar-refractivity contribution in [3.63, 3.8) is 0 Å². The number of nitrogens with zero attached hydrogens (tertiary/aromatic N) is 3. The molecule has 126 valence electrons. The number of halogens is 1. The molecule has 24 heavy (non-hydrogen) atoms. The minimum atomic E-state index is -0.151. The normalized spacial score (nSPS) is 15.2. The Bertz CT molecular complexity index is 759. The molecule has 1 aliphatic heterocycles. The van der Waals surface area contributed by atoms with Crippen molar-refractivity contribution >= 4 is 27.7 Å². The van der Waals surface area contributed by atoms with Gasteiger partial charge >= 0.3 is 0 Å². The van der Waals surface area contributed by atoms with E-state index in [0.717, 1.165) is 10.9 Å². The topological polar surface area (TPSA) is 66.7 Å². The Labute approximate surface area is 148 Å². The van der Waals surface area contributed by atoms with Gasteiger partial charge in [-0.1, -0.05) is 17.3 Å². The van der Waals surface area contributed by atoms with E-state index in [4.69, 9.17) is 4.52 Å². The molecule has 2 heterocycles. The van der Waals surface area contributed by atoms with Gasteiger partial charge in [0.05, 0.1) is 5.56 Å². The van der Waals surface area contributed by atoms with Crippen LogP contribution in [-0.2, 0) is 0 Å². The largest absolute Gasteiger partial charge is 0.361 e. The summed E-state index contributed by atoms with van der Waals surface area (Å²) in [7, 11) is 0. The Morgan fingerprint density at radius 3 is 2.38 bits per heavy atom. The van der Waals surface area contributed by atoms with Crippen LogP contribution in [-0.4, -0.2) is 52.9 Å². The predicted molar refractivity (Wildman–Crippen MR) is 91.8 cm³/mol. The van der Waals surface area contributed by atoms with Crippen LogP contribution in [0.3, 0.4) is 0 Å². The van der Waals surface area contributed by atoms with E-state index in [1.807, 2.05) is 18.2 Å². The number of hydrogen-bond donors (Lipinski definition) is 0. The smallest absolute Gasteiger partial charge is 0.276 e. The quantitative estimate of drug-likeness (QED) is 0.789. The fourth-order valence-corrected chi connectivity index (χ4v) is 3.21. The first kappa shape index (κ1) is 16.7. The molecule has 1 aromatic carbocycles. The van der Waals surface area contributed by atoms with E-state index in [1.54, 1.807) is 28.9 Å². The highest BCUT2D eigenvalue weighted by molar-refractivity contribution is 9.10.